The van der Waals surface area contributed by atoms with Crippen LogP contribution in [0.4, 0.5) is 4.39 Å². The fraction of sp³-hybridized carbons (Fsp3) is 0.333. The van der Waals surface area contributed by atoms with Gasteiger partial charge in [0.15, 0.2) is 0 Å². The third kappa shape index (κ3) is 4.23. The van der Waals surface area contributed by atoms with Crippen LogP contribution in [0.25, 0.3) is 0 Å². The van der Waals surface area contributed by atoms with Gasteiger partial charge in [0, 0.05) is 6.04 Å². The number of hydrogen-bond donors (Lipinski definition) is 2. The van der Waals surface area contributed by atoms with Crippen LogP contribution in [0, 0.1) is 5.82 Å². The minimum atomic E-state index is -0.202. The van der Waals surface area contributed by atoms with E-state index in [1.54, 1.807) is 6.07 Å². The Morgan fingerprint density at radius 2 is 2.33 bits per heavy atom. The van der Waals surface area contributed by atoms with E-state index < -0.39 is 0 Å². The number of benzene rings is 1. The number of rotatable bonds is 6. The molecule has 3 N–H and O–H groups in total. The maximum absolute atomic E-state index is 12.9. The first-order valence-electron chi connectivity index (χ1n) is 5.07. The van der Waals surface area contributed by atoms with Crippen molar-refractivity contribution in [3.63, 3.8) is 0 Å². The normalized spacial score (nSPS) is 12.4. The summed E-state index contributed by atoms with van der Waals surface area (Å²) in [6.07, 6.45) is 4.42. The molecule has 0 bridgehead atoms. The van der Waals surface area contributed by atoms with Gasteiger partial charge in [-0.15, -0.1) is 6.58 Å². The molecule has 0 heterocycles. The Hall–Kier alpha value is -1.19. The summed E-state index contributed by atoms with van der Waals surface area (Å²) in [5, 5.41) is 0. The summed E-state index contributed by atoms with van der Waals surface area (Å²) >= 11 is 0. The van der Waals surface area contributed by atoms with Crippen LogP contribution in [0.5, 0.6) is 0 Å². The van der Waals surface area contributed by atoms with Gasteiger partial charge >= 0.3 is 0 Å². The van der Waals surface area contributed by atoms with E-state index in [2.05, 4.69) is 12.0 Å². The average Bonchev–Trinajstić information content (AvgIpc) is 2.24. The molecule has 0 saturated heterocycles. The molecule has 1 rings (SSSR count). The van der Waals surface area contributed by atoms with Crippen molar-refractivity contribution in [3.05, 3.63) is 48.3 Å². The molecule has 0 saturated carbocycles. The van der Waals surface area contributed by atoms with Crippen LogP contribution >= 0.6 is 0 Å². The molecule has 0 fully saturated rings. The molecule has 1 aromatic carbocycles. The highest BCUT2D eigenvalue weighted by Crippen LogP contribution is 2.09. The SMILES string of the molecule is C=CCCC(Cc1cccc(F)c1)NN. The van der Waals surface area contributed by atoms with Gasteiger partial charge < -0.3 is 0 Å². The zero-order valence-corrected chi connectivity index (χ0v) is 8.75. The molecule has 15 heavy (non-hydrogen) atoms. The minimum absolute atomic E-state index is 0.171. The van der Waals surface area contributed by atoms with E-state index in [1.165, 1.54) is 12.1 Å². The van der Waals surface area contributed by atoms with Crippen molar-refractivity contribution in [2.75, 3.05) is 0 Å². The Morgan fingerprint density at radius 3 is 2.93 bits per heavy atom. The van der Waals surface area contributed by atoms with Gasteiger partial charge in [-0.2, -0.15) is 0 Å². The van der Waals surface area contributed by atoms with Gasteiger partial charge in [-0.3, -0.25) is 11.3 Å². The molecule has 3 heteroatoms. The van der Waals surface area contributed by atoms with Gasteiger partial charge in [-0.1, -0.05) is 18.2 Å². The second-order valence-electron chi connectivity index (χ2n) is 3.56. The van der Waals surface area contributed by atoms with E-state index >= 15 is 0 Å². The summed E-state index contributed by atoms with van der Waals surface area (Å²) in [6, 6.07) is 6.77. The van der Waals surface area contributed by atoms with Gasteiger partial charge in [-0.25, -0.2) is 4.39 Å². The summed E-state index contributed by atoms with van der Waals surface area (Å²) in [4.78, 5) is 0. The van der Waals surface area contributed by atoms with Crippen molar-refractivity contribution in [3.8, 4) is 0 Å². The van der Waals surface area contributed by atoms with Crippen molar-refractivity contribution >= 4 is 0 Å². The highest BCUT2D eigenvalue weighted by Gasteiger charge is 2.06. The second kappa shape index (κ2) is 6.32. The average molecular weight is 208 g/mol. The van der Waals surface area contributed by atoms with Crippen LogP contribution < -0.4 is 11.3 Å². The quantitative estimate of drug-likeness (QED) is 0.427. The summed E-state index contributed by atoms with van der Waals surface area (Å²) in [5.41, 5.74) is 3.69. The molecule has 1 atom stereocenters. The Bertz CT molecular complexity index is 312. The first-order chi connectivity index (χ1) is 7.26. The van der Waals surface area contributed by atoms with Crippen molar-refractivity contribution < 1.29 is 4.39 Å². The second-order valence-corrected chi connectivity index (χ2v) is 3.56. The highest BCUT2D eigenvalue weighted by atomic mass is 19.1. The smallest absolute Gasteiger partial charge is 0.123 e. The molecule has 0 aliphatic carbocycles. The van der Waals surface area contributed by atoms with E-state index in [9.17, 15) is 4.39 Å². The lowest BCUT2D eigenvalue weighted by Gasteiger charge is -2.14. The topological polar surface area (TPSA) is 38.0 Å². The lowest BCUT2D eigenvalue weighted by molar-refractivity contribution is 0.494. The fourth-order valence-corrected chi connectivity index (χ4v) is 1.51. The molecule has 0 aliphatic heterocycles. The number of hydrazine groups is 1. The molecule has 0 radical (unpaired) electrons. The van der Waals surface area contributed by atoms with Crippen molar-refractivity contribution in [2.45, 2.75) is 25.3 Å². The molecule has 1 aromatic rings. The van der Waals surface area contributed by atoms with Crippen LogP contribution in [0.2, 0.25) is 0 Å². The molecule has 0 spiro atoms. The van der Waals surface area contributed by atoms with Crippen LogP contribution in [0.15, 0.2) is 36.9 Å². The molecule has 0 aromatic heterocycles. The maximum Gasteiger partial charge on any atom is 0.123 e. The van der Waals surface area contributed by atoms with E-state index in [4.69, 9.17) is 5.84 Å². The standard InChI is InChI=1S/C12H17FN2/c1-2-3-7-12(15-14)9-10-5-4-6-11(13)8-10/h2,4-6,8,12,15H,1,3,7,9,14H2. The van der Waals surface area contributed by atoms with Crippen LogP contribution in [-0.2, 0) is 6.42 Å². The third-order valence-corrected chi connectivity index (χ3v) is 2.33. The zero-order valence-electron chi connectivity index (χ0n) is 8.75. The zero-order chi connectivity index (χ0) is 11.1. The van der Waals surface area contributed by atoms with Gasteiger partial charge in [-0.05, 0) is 37.0 Å². The minimum Gasteiger partial charge on any atom is -0.271 e. The van der Waals surface area contributed by atoms with Crippen molar-refractivity contribution in [1.29, 1.82) is 0 Å². The Morgan fingerprint density at radius 1 is 1.53 bits per heavy atom. The molecule has 0 aliphatic rings. The molecule has 82 valence electrons. The van der Waals surface area contributed by atoms with Gasteiger partial charge in [0.05, 0.1) is 0 Å². The Kier molecular flexibility index (Phi) is 5.01. The predicted octanol–water partition coefficient (Wildman–Crippen LogP) is 2.17. The number of nitrogens with one attached hydrogen (secondary N) is 1. The number of nitrogens with two attached hydrogens (primary N) is 1. The monoisotopic (exact) mass is 208 g/mol. The first kappa shape index (κ1) is 11.9. The summed E-state index contributed by atoms with van der Waals surface area (Å²) in [5.74, 6) is 5.22. The molecule has 2 nitrogen and oxygen atoms in total. The molecule has 1 unspecified atom stereocenters. The number of allylic oxidation sites excluding steroid dienone is 1. The van der Waals surface area contributed by atoms with E-state index in [0.29, 0.717) is 0 Å². The van der Waals surface area contributed by atoms with Gasteiger partial charge in [0.2, 0.25) is 0 Å². The molecular formula is C12H17FN2. The lowest BCUT2D eigenvalue weighted by Crippen LogP contribution is -2.36. The summed E-state index contributed by atoms with van der Waals surface area (Å²) in [7, 11) is 0. The Labute approximate surface area is 90.0 Å². The first-order valence-corrected chi connectivity index (χ1v) is 5.07. The predicted molar refractivity (Wildman–Crippen MR) is 60.6 cm³/mol. The van der Waals surface area contributed by atoms with Crippen molar-refractivity contribution in [1.82, 2.24) is 5.43 Å². The van der Waals surface area contributed by atoms with Gasteiger partial charge in [0.1, 0.15) is 5.82 Å². The number of hydrogen-bond acceptors (Lipinski definition) is 2. The van der Waals surface area contributed by atoms with E-state index in [0.717, 1.165) is 24.8 Å². The van der Waals surface area contributed by atoms with E-state index in [1.807, 2.05) is 12.1 Å². The molecular weight excluding hydrogens is 191 g/mol. The number of halogens is 1. The van der Waals surface area contributed by atoms with Gasteiger partial charge in [0.25, 0.3) is 0 Å². The molecule has 0 amide bonds. The van der Waals surface area contributed by atoms with Crippen molar-refractivity contribution in [2.24, 2.45) is 5.84 Å². The highest BCUT2D eigenvalue weighted by molar-refractivity contribution is 5.17. The Balaban J connectivity index is 2.54. The van der Waals surface area contributed by atoms with Crippen LogP contribution in [-0.4, -0.2) is 6.04 Å². The van der Waals surface area contributed by atoms with E-state index in [-0.39, 0.29) is 11.9 Å². The van der Waals surface area contributed by atoms with Crippen LogP contribution in [0.3, 0.4) is 0 Å². The fourth-order valence-electron chi connectivity index (χ4n) is 1.51. The third-order valence-electron chi connectivity index (χ3n) is 2.33. The summed E-state index contributed by atoms with van der Waals surface area (Å²) < 4.78 is 12.9. The largest absolute Gasteiger partial charge is 0.271 e. The lowest BCUT2D eigenvalue weighted by atomic mass is 10.0. The van der Waals surface area contributed by atoms with Crippen LogP contribution in [0.1, 0.15) is 18.4 Å². The summed E-state index contributed by atoms with van der Waals surface area (Å²) in [6.45, 7) is 3.66. The maximum atomic E-state index is 12.9.